The van der Waals surface area contributed by atoms with Crippen LogP contribution in [0.2, 0.25) is 5.02 Å². The summed E-state index contributed by atoms with van der Waals surface area (Å²) in [5, 5.41) is 3.25. The van der Waals surface area contributed by atoms with Crippen molar-refractivity contribution in [3.63, 3.8) is 0 Å². The predicted octanol–water partition coefficient (Wildman–Crippen LogP) is 2.59. The maximum Gasteiger partial charge on any atom is 0.241 e. The summed E-state index contributed by atoms with van der Waals surface area (Å²) in [6.07, 6.45) is 0. The number of carbonyl (C=O) groups is 1. The van der Waals surface area contributed by atoms with E-state index in [2.05, 4.69) is 5.32 Å². The zero-order chi connectivity index (χ0) is 13.9. The number of nitrogens with one attached hydrogen (secondary N) is 1. The standard InChI is InChI=1S/C13H20ClN3O/c1-8(2)17(4)9(3)13(18)16-12-6-5-10(15)7-11(12)14/h5-9H,15H2,1-4H3,(H,16,18). The molecule has 0 spiro atoms. The molecule has 1 amide bonds. The fourth-order valence-corrected chi connectivity index (χ4v) is 1.74. The van der Waals surface area contributed by atoms with Crippen molar-refractivity contribution in [2.45, 2.75) is 32.9 Å². The predicted molar refractivity (Wildman–Crippen MR) is 76.9 cm³/mol. The van der Waals surface area contributed by atoms with Crippen LogP contribution < -0.4 is 11.1 Å². The van der Waals surface area contributed by atoms with E-state index in [9.17, 15) is 4.79 Å². The molecule has 4 nitrogen and oxygen atoms in total. The van der Waals surface area contributed by atoms with E-state index in [1.807, 2.05) is 32.7 Å². The van der Waals surface area contributed by atoms with Gasteiger partial charge in [0.05, 0.1) is 16.8 Å². The van der Waals surface area contributed by atoms with Crippen LogP contribution in [0.5, 0.6) is 0 Å². The minimum atomic E-state index is -0.224. The van der Waals surface area contributed by atoms with Gasteiger partial charge in [-0.05, 0) is 46.0 Å². The molecular formula is C13H20ClN3O. The molecule has 0 saturated heterocycles. The smallest absolute Gasteiger partial charge is 0.241 e. The molecule has 3 N–H and O–H groups in total. The van der Waals surface area contributed by atoms with E-state index in [0.717, 1.165) is 0 Å². The number of nitrogens with two attached hydrogens (primary N) is 1. The third kappa shape index (κ3) is 3.62. The highest BCUT2D eigenvalue weighted by molar-refractivity contribution is 6.34. The highest BCUT2D eigenvalue weighted by Gasteiger charge is 2.20. The largest absolute Gasteiger partial charge is 0.399 e. The Morgan fingerprint density at radius 1 is 1.39 bits per heavy atom. The molecule has 0 aliphatic carbocycles. The number of anilines is 2. The van der Waals surface area contributed by atoms with Gasteiger partial charge in [-0.2, -0.15) is 0 Å². The lowest BCUT2D eigenvalue weighted by atomic mass is 10.2. The van der Waals surface area contributed by atoms with E-state index >= 15 is 0 Å². The minimum absolute atomic E-state index is 0.0853. The number of carbonyl (C=O) groups excluding carboxylic acids is 1. The molecule has 0 bridgehead atoms. The van der Waals surface area contributed by atoms with Crippen LogP contribution in [-0.4, -0.2) is 29.9 Å². The summed E-state index contributed by atoms with van der Waals surface area (Å²) in [5.74, 6) is -0.0853. The molecule has 5 heteroatoms. The Morgan fingerprint density at radius 2 is 2.00 bits per heavy atom. The van der Waals surface area contributed by atoms with E-state index < -0.39 is 0 Å². The second-order valence-electron chi connectivity index (χ2n) is 4.66. The van der Waals surface area contributed by atoms with E-state index in [-0.39, 0.29) is 11.9 Å². The first-order valence-corrected chi connectivity index (χ1v) is 6.28. The van der Waals surface area contributed by atoms with Crippen LogP contribution in [0.1, 0.15) is 20.8 Å². The molecule has 1 unspecified atom stereocenters. The average molecular weight is 270 g/mol. The van der Waals surface area contributed by atoms with Crippen LogP contribution in [0.15, 0.2) is 18.2 Å². The van der Waals surface area contributed by atoms with Gasteiger partial charge in [0.2, 0.25) is 5.91 Å². The van der Waals surface area contributed by atoms with Gasteiger partial charge in [0.1, 0.15) is 0 Å². The lowest BCUT2D eigenvalue weighted by Gasteiger charge is -2.27. The number of nitrogen functional groups attached to an aromatic ring is 1. The summed E-state index contributed by atoms with van der Waals surface area (Å²) in [6.45, 7) is 5.94. The zero-order valence-corrected chi connectivity index (χ0v) is 12.0. The molecule has 0 aliphatic heterocycles. The van der Waals surface area contributed by atoms with Crippen LogP contribution in [0.25, 0.3) is 0 Å². The van der Waals surface area contributed by atoms with Gasteiger partial charge in [-0.25, -0.2) is 0 Å². The number of benzene rings is 1. The van der Waals surface area contributed by atoms with Gasteiger partial charge in [0, 0.05) is 11.7 Å². The minimum Gasteiger partial charge on any atom is -0.399 e. The molecule has 1 atom stereocenters. The Kier molecular flexibility index (Phi) is 4.99. The van der Waals surface area contributed by atoms with Crippen molar-refractivity contribution in [3.05, 3.63) is 23.2 Å². The second-order valence-corrected chi connectivity index (χ2v) is 5.07. The molecule has 1 rings (SSSR count). The molecule has 0 aliphatic rings. The number of hydrogen-bond acceptors (Lipinski definition) is 3. The normalized spacial score (nSPS) is 12.8. The van der Waals surface area contributed by atoms with Gasteiger partial charge in [-0.3, -0.25) is 9.69 Å². The number of hydrogen-bond donors (Lipinski definition) is 2. The van der Waals surface area contributed by atoms with Crippen molar-refractivity contribution in [2.75, 3.05) is 18.1 Å². The number of rotatable bonds is 4. The van der Waals surface area contributed by atoms with Crippen LogP contribution in [0.4, 0.5) is 11.4 Å². The Morgan fingerprint density at radius 3 is 2.50 bits per heavy atom. The third-order valence-electron chi connectivity index (χ3n) is 3.06. The van der Waals surface area contributed by atoms with Crippen LogP contribution in [0, 0.1) is 0 Å². The van der Waals surface area contributed by atoms with E-state index in [4.69, 9.17) is 17.3 Å². The first-order valence-electron chi connectivity index (χ1n) is 5.90. The lowest BCUT2D eigenvalue weighted by Crippen LogP contribution is -2.43. The highest BCUT2D eigenvalue weighted by Crippen LogP contribution is 2.24. The van der Waals surface area contributed by atoms with E-state index in [0.29, 0.717) is 22.4 Å². The molecule has 1 aromatic rings. The summed E-state index contributed by atoms with van der Waals surface area (Å²) in [5.41, 5.74) is 6.76. The van der Waals surface area contributed by atoms with Crippen LogP contribution in [-0.2, 0) is 4.79 Å². The monoisotopic (exact) mass is 269 g/mol. The maximum absolute atomic E-state index is 12.1. The molecular weight excluding hydrogens is 250 g/mol. The number of nitrogens with zero attached hydrogens (tertiary/aromatic N) is 1. The Balaban J connectivity index is 2.75. The van der Waals surface area contributed by atoms with Crippen molar-refractivity contribution in [1.29, 1.82) is 0 Å². The molecule has 1 aromatic carbocycles. The molecule has 0 radical (unpaired) electrons. The zero-order valence-electron chi connectivity index (χ0n) is 11.2. The summed E-state index contributed by atoms with van der Waals surface area (Å²) in [6, 6.07) is 5.11. The maximum atomic E-state index is 12.1. The molecule has 0 fully saturated rings. The first kappa shape index (κ1) is 14.8. The number of amides is 1. The molecule has 100 valence electrons. The number of likely N-dealkylation sites (N-methyl/N-ethyl adjacent to an activating group) is 1. The van der Waals surface area contributed by atoms with Gasteiger partial charge >= 0.3 is 0 Å². The van der Waals surface area contributed by atoms with Gasteiger partial charge in [-0.15, -0.1) is 0 Å². The Labute approximate surface area is 113 Å². The van der Waals surface area contributed by atoms with Gasteiger partial charge in [0.15, 0.2) is 0 Å². The average Bonchev–Trinajstić information content (AvgIpc) is 2.30. The molecule has 0 aromatic heterocycles. The fourth-order valence-electron chi connectivity index (χ4n) is 1.50. The summed E-state index contributed by atoms with van der Waals surface area (Å²) < 4.78 is 0. The molecule has 0 heterocycles. The second kappa shape index (κ2) is 6.07. The Bertz CT molecular complexity index is 434. The third-order valence-corrected chi connectivity index (χ3v) is 3.37. The van der Waals surface area contributed by atoms with Crippen molar-refractivity contribution in [1.82, 2.24) is 4.90 Å². The van der Waals surface area contributed by atoms with Gasteiger partial charge in [-0.1, -0.05) is 11.6 Å². The first-order chi connectivity index (χ1) is 8.32. The quantitative estimate of drug-likeness (QED) is 0.826. The summed E-state index contributed by atoms with van der Waals surface area (Å²) in [4.78, 5) is 14.0. The van der Waals surface area contributed by atoms with E-state index in [1.54, 1.807) is 18.2 Å². The number of halogens is 1. The van der Waals surface area contributed by atoms with Crippen molar-refractivity contribution < 1.29 is 4.79 Å². The van der Waals surface area contributed by atoms with Crippen molar-refractivity contribution in [2.24, 2.45) is 0 Å². The van der Waals surface area contributed by atoms with Crippen LogP contribution in [0.3, 0.4) is 0 Å². The van der Waals surface area contributed by atoms with Gasteiger partial charge < -0.3 is 11.1 Å². The highest BCUT2D eigenvalue weighted by atomic mass is 35.5. The Hall–Kier alpha value is -1.26. The lowest BCUT2D eigenvalue weighted by molar-refractivity contribution is -0.120. The molecule has 0 saturated carbocycles. The summed E-state index contributed by atoms with van der Waals surface area (Å²) in [7, 11) is 1.92. The topological polar surface area (TPSA) is 58.4 Å². The fraction of sp³-hybridized carbons (Fsp3) is 0.462. The van der Waals surface area contributed by atoms with Crippen LogP contribution >= 0.6 is 11.6 Å². The molecule has 18 heavy (non-hydrogen) atoms. The van der Waals surface area contributed by atoms with Crippen molar-refractivity contribution in [3.8, 4) is 0 Å². The summed E-state index contributed by atoms with van der Waals surface area (Å²) >= 11 is 6.01. The SMILES string of the molecule is CC(C)N(C)C(C)C(=O)Nc1ccc(N)cc1Cl. The van der Waals surface area contributed by atoms with Gasteiger partial charge in [0.25, 0.3) is 0 Å². The van der Waals surface area contributed by atoms with E-state index in [1.165, 1.54) is 0 Å². The van der Waals surface area contributed by atoms with Crippen molar-refractivity contribution >= 4 is 28.9 Å².